The summed E-state index contributed by atoms with van der Waals surface area (Å²) in [5, 5.41) is 0. The van der Waals surface area contributed by atoms with Crippen LogP contribution in [0.25, 0.3) is 6.08 Å². The van der Waals surface area contributed by atoms with Crippen LogP contribution < -0.4 is 4.90 Å². The molecule has 1 aliphatic heterocycles. The van der Waals surface area contributed by atoms with Gasteiger partial charge in [0.05, 0.1) is 5.69 Å². The zero-order chi connectivity index (χ0) is 11.7. The minimum atomic E-state index is 0.919. The van der Waals surface area contributed by atoms with Crippen LogP contribution in [0, 0.1) is 0 Å². The molecule has 3 nitrogen and oxygen atoms in total. The van der Waals surface area contributed by atoms with Crippen molar-refractivity contribution < 1.29 is 0 Å². The maximum absolute atomic E-state index is 4.76. The number of fused-ring (bicyclic) bond motifs is 1. The molecule has 3 heteroatoms. The summed E-state index contributed by atoms with van der Waals surface area (Å²) in [7, 11) is 0. The van der Waals surface area contributed by atoms with Gasteiger partial charge in [0.2, 0.25) is 0 Å². The van der Waals surface area contributed by atoms with Gasteiger partial charge in [-0.25, -0.2) is 9.97 Å². The summed E-state index contributed by atoms with van der Waals surface area (Å²) in [6.07, 6.45) is 10.2. The largest absolute Gasteiger partial charge is 0.356 e. The molecule has 0 aromatic carbocycles. The van der Waals surface area contributed by atoms with Crippen molar-refractivity contribution in [1.29, 1.82) is 0 Å². The third-order valence-electron chi connectivity index (χ3n) is 3.63. The molecule has 1 aromatic heterocycles. The van der Waals surface area contributed by atoms with Crippen molar-refractivity contribution in [3.8, 4) is 0 Å². The summed E-state index contributed by atoms with van der Waals surface area (Å²) in [6.45, 7) is 4.44. The average molecular weight is 229 g/mol. The summed E-state index contributed by atoms with van der Waals surface area (Å²) in [5.74, 6) is 2.19. The zero-order valence-electron chi connectivity index (χ0n) is 10.4. The number of hydrogen-bond acceptors (Lipinski definition) is 3. The zero-order valence-corrected chi connectivity index (χ0v) is 10.4. The van der Waals surface area contributed by atoms with Gasteiger partial charge < -0.3 is 4.90 Å². The van der Waals surface area contributed by atoms with Gasteiger partial charge >= 0.3 is 0 Å². The van der Waals surface area contributed by atoms with Crippen molar-refractivity contribution in [2.75, 3.05) is 18.0 Å². The van der Waals surface area contributed by atoms with Crippen LogP contribution in [0.3, 0.4) is 0 Å². The van der Waals surface area contributed by atoms with Gasteiger partial charge in [0.25, 0.3) is 0 Å². The second-order valence-corrected chi connectivity index (χ2v) is 4.83. The fourth-order valence-electron chi connectivity index (χ4n) is 2.68. The smallest absolute Gasteiger partial charge is 0.136 e. The van der Waals surface area contributed by atoms with Crippen LogP contribution in [-0.4, -0.2) is 23.1 Å². The van der Waals surface area contributed by atoms with Crippen molar-refractivity contribution in [2.45, 2.75) is 39.0 Å². The molecule has 1 aliphatic carbocycles. The number of piperidine rings is 1. The van der Waals surface area contributed by atoms with E-state index in [-0.39, 0.29) is 0 Å². The van der Waals surface area contributed by atoms with Crippen molar-refractivity contribution in [3.63, 3.8) is 0 Å². The second-order valence-electron chi connectivity index (χ2n) is 4.83. The molecule has 17 heavy (non-hydrogen) atoms. The van der Waals surface area contributed by atoms with Crippen molar-refractivity contribution >= 4 is 11.9 Å². The highest BCUT2D eigenvalue weighted by atomic mass is 15.2. The first kappa shape index (κ1) is 10.8. The quantitative estimate of drug-likeness (QED) is 0.780. The molecule has 0 unspecified atom stereocenters. The van der Waals surface area contributed by atoms with E-state index < -0.39 is 0 Å². The molecule has 0 radical (unpaired) electrons. The molecule has 0 amide bonds. The van der Waals surface area contributed by atoms with Crippen LogP contribution in [0.2, 0.25) is 0 Å². The summed E-state index contributed by atoms with van der Waals surface area (Å²) in [5.41, 5.74) is 2.49. The van der Waals surface area contributed by atoms with Crippen LogP contribution in [0.4, 0.5) is 5.82 Å². The first-order valence-electron chi connectivity index (χ1n) is 6.69. The molecule has 1 aromatic rings. The van der Waals surface area contributed by atoms with Crippen molar-refractivity contribution in [1.82, 2.24) is 9.97 Å². The van der Waals surface area contributed by atoms with E-state index in [4.69, 9.17) is 4.98 Å². The highest BCUT2D eigenvalue weighted by Crippen LogP contribution is 2.29. The maximum atomic E-state index is 4.76. The normalized spacial score (nSPS) is 18.5. The average Bonchev–Trinajstić information content (AvgIpc) is 2.86. The van der Waals surface area contributed by atoms with Crippen LogP contribution in [0.15, 0.2) is 6.08 Å². The molecular formula is C14H19N3. The van der Waals surface area contributed by atoms with E-state index in [0.717, 1.165) is 37.4 Å². The lowest BCUT2D eigenvalue weighted by molar-refractivity contribution is 0.570. The Morgan fingerprint density at radius 3 is 2.76 bits per heavy atom. The van der Waals surface area contributed by atoms with E-state index >= 15 is 0 Å². The molecule has 1 saturated heterocycles. The molecule has 2 heterocycles. The van der Waals surface area contributed by atoms with E-state index in [9.17, 15) is 0 Å². The first-order valence-corrected chi connectivity index (χ1v) is 6.69. The Balaban J connectivity index is 2.00. The lowest BCUT2D eigenvalue weighted by atomic mass is 10.1. The standard InChI is InChI=1S/C14H19N3/c1-2-13-15-12-8-6-7-11(12)14(16-13)17-9-4-3-5-10-17/h6,8H,2-5,7,9-10H2,1H3. The Hall–Kier alpha value is -1.38. The number of hydrogen-bond donors (Lipinski definition) is 0. The topological polar surface area (TPSA) is 29.0 Å². The summed E-state index contributed by atoms with van der Waals surface area (Å²) < 4.78 is 0. The third-order valence-corrected chi connectivity index (χ3v) is 3.63. The van der Waals surface area contributed by atoms with Gasteiger partial charge in [-0.05, 0) is 31.8 Å². The second kappa shape index (κ2) is 4.47. The predicted octanol–water partition coefficient (Wildman–Crippen LogP) is 2.60. The van der Waals surface area contributed by atoms with E-state index in [2.05, 4.69) is 29.0 Å². The molecule has 1 fully saturated rings. The minimum Gasteiger partial charge on any atom is -0.356 e. The number of rotatable bonds is 2. The van der Waals surface area contributed by atoms with Gasteiger partial charge in [0, 0.05) is 25.1 Å². The monoisotopic (exact) mass is 229 g/mol. The third kappa shape index (κ3) is 1.94. The van der Waals surface area contributed by atoms with Crippen LogP contribution in [0.1, 0.15) is 43.3 Å². The summed E-state index contributed by atoms with van der Waals surface area (Å²) in [6, 6.07) is 0. The predicted molar refractivity (Wildman–Crippen MR) is 70.2 cm³/mol. The number of aromatic nitrogens is 2. The lowest BCUT2D eigenvalue weighted by Gasteiger charge is -2.29. The lowest BCUT2D eigenvalue weighted by Crippen LogP contribution is -2.31. The Morgan fingerprint density at radius 2 is 2.00 bits per heavy atom. The molecule has 0 saturated carbocycles. The van der Waals surface area contributed by atoms with E-state index in [1.807, 2.05) is 0 Å². The van der Waals surface area contributed by atoms with Crippen LogP contribution >= 0.6 is 0 Å². The van der Waals surface area contributed by atoms with Crippen LogP contribution in [0.5, 0.6) is 0 Å². The van der Waals surface area contributed by atoms with Crippen molar-refractivity contribution in [2.24, 2.45) is 0 Å². The SMILES string of the molecule is CCc1nc2c(c(N3CCCCC3)n1)CC=C2. The van der Waals surface area contributed by atoms with E-state index in [1.165, 1.54) is 30.6 Å². The fourth-order valence-corrected chi connectivity index (χ4v) is 2.68. The molecule has 0 bridgehead atoms. The number of allylic oxidation sites excluding steroid dienone is 1. The Bertz CT molecular complexity index is 445. The molecule has 0 N–H and O–H groups in total. The molecule has 0 atom stereocenters. The van der Waals surface area contributed by atoms with Gasteiger partial charge in [-0.1, -0.05) is 13.0 Å². The molecule has 3 rings (SSSR count). The van der Waals surface area contributed by atoms with E-state index in [0.29, 0.717) is 0 Å². The molecule has 0 spiro atoms. The highest BCUT2D eigenvalue weighted by molar-refractivity contribution is 5.64. The highest BCUT2D eigenvalue weighted by Gasteiger charge is 2.21. The Morgan fingerprint density at radius 1 is 1.18 bits per heavy atom. The van der Waals surface area contributed by atoms with Gasteiger partial charge in [0.15, 0.2) is 0 Å². The molecule has 2 aliphatic rings. The fraction of sp³-hybridized carbons (Fsp3) is 0.571. The van der Waals surface area contributed by atoms with Gasteiger partial charge in [-0.15, -0.1) is 0 Å². The number of aryl methyl sites for hydroxylation is 1. The minimum absolute atomic E-state index is 0.919. The Labute approximate surface area is 103 Å². The van der Waals surface area contributed by atoms with Crippen LogP contribution in [-0.2, 0) is 12.8 Å². The van der Waals surface area contributed by atoms with Gasteiger partial charge in [-0.2, -0.15) is 0 Å². The number of nitrogens with zero attached hydrogens (tertiary/aromatic N) is 3. The molecular weight excluding hydrogens is 210 g/mol. The molecule has 90 valence electrons. The number of anilines is 1. The van der Waals surface area contributed by atoms with Gasteiger partial charge in [0.1, 0.15) is 11.6 Å². The first-order chi connectivity index (χ1) is 8.38. The van der Waals surface area contributed by atoms with E-state index in [1.54, 1.807) is 0 Å². The maximum Gasteiger partial charge on any atom is 0.136 e. The Kier molecular flexibility index (Phi) is 2.83. The summed E-state index contributed by atoms with van der Waals surface area (Å²) >= 11 is 0. The summed E-state index contributed by atoms with van der Waals surface area (Å²) in [4.78, 5) is 11.8. The van der Waals surface area contributed by atoms with Gasteiger partial charge in [-0.3, -0.25) is 0 Å². The van der Waals surface area contributed by atoms with Crippen molar-refractivity contribution in [3.05, 3.63) is 23.2 Å².